The Morgan fingerprint density at radius 1 is 1.14 bits per heavy atom. The second kappa shape index (κ2) is 5.17. The molecule has 0 saturated carbocycles. The molecule has 0 fully saturated rings. The zero-order valence-corrected chi connectivity index (χ0v) is 13.7. The van der Waals surface area contributed by atoms with Crippen LogP contribution in [-0.2, 0) is 0 Å². The van der Waals surface area contributed by atoms with Gasteiger partial charge in [0.05, 0.1) is 6.04 Å². The monoisotopic (exact) mass is 309 g/mol. The molecule has 2 aromatic carbocycles. The van der Waals surface area contributed by atoms with Gasteiger partial charge in [-0.15, -0.1) is 0 Å². The Morgan fingerprint density at radius 2 is 2.00 bits per heavy atom. The summed E-state index contributed by atoms with van der Waals surface area (Å²) in [6.07, 6.45) is 5.84. The summed E-state index contributed by atoms with van der Waals surface area (Å²) in [6.45, 7) is 4.40. The van der Waals surface area contributed by atoms with E-state index in [1.807, 2.05) is 6.07 Å². The summed E-state index contributed by atoms with van der Waals surface area (Å²) >= 11 is 6.22. The summed E-state index contributed by atoms with van der Waals surface area (Å²) in [6, 6.07) is 13.2. The van der Waals surface area contributed by atoms with E-state index in [1.165, 1.54) is 27.9 Å². The van der Waals surface area contributed by atoms with Crippen LogP contribution in [0.25, 0.3) is 0 Å². The van der Waals surface area contributed by atoms with Crippen LogP contribution in [0.3, 0.4) is 0 Å². The second-order valence-corrected chi connectivity index (χ2v) is 6.94. The average Bonchev–Trinajstić information content (AvgIpc) is 3.00. The van der Waals surface area contributed by atoms with Gasteiger partial charge in [0, 0.05) is 16.6 Å². The predicted molar refractivity (Wildman–Crippen MR) is 93.7 cm³/mol. The average molecular weight is 310 g/mol. The number of fused-ring (bicyclic) bond motifs is 3. The summed E-state index contributed by atoms with van der Waals surface area (Å²) in [7, 11) is 0. The highest BCUT2D eigenvalue weighted by atomic mass is 35.5. The topological polar surface area (TPSA) is 12.0 Å². The third-order valence-electron chi connectivity index (χ3n) is 5.28. The minimum atomic E-state index is 0.326. The molecular weight excluding hydrogens is 290 g/mol. The van der Waals surface area contributed by atoms with Gasteiger partial charge >= 0.3 is 0 Å². The zero-order valence-electron chi connectivity index (χ0n) is 12.9. The lowest BCUT2D eigenvalue weighted by Crippen LogP contribution is -2.29. The Balaban J connectivity index is 1.84. The molecule has 0 bridgehead atoms. The van der Waals surface area contributed by atoms with Crippen molar-refractivity contribution >= 4 is 17.3 Å². The lowest BCUT2D eigenvalue weighted by atomic mass is 9.76. The molecule has 4 rings (SSSR count). The molecule has 22 heavy (non-hydrogen) atoms. The first-order chi connectivity index (χ1) is 10.6. The Morgan fingerprint density at radius 3 is 2.82 bits per heavy atom. The third-order valence-corrected chi connectivity index (χ3v) is 5.51. The number of allylic oxidation sites excluding steroid dienone is 2. The van der Waals surface area contributed by atoms with Crippen molar-refractivity contribution in [1.82, 2.24) is 0 Å². The fraction of sp³-hybridized carbons (Fsp3) is 0.300. The van der Waals surface area contributed by atoms with Gasteiger partial charge in [-0.2, -0.15) is 0 Å². The van der Waals surface area contributed by atoms with E-state index in [4.69, 9.17) is 11.6 Å². The van der Waals surface area contributed by atoms with Crippen molar-refractivity contribution in [2.75, 3.05) is 5.32 Å². The number of halogens is 1. The second-order valence-electron chi connectivity index (χ2n) is 6.50. The molecule has 1 aliphatic heterocycles. The van der Waals surface area contributed by atoms with E-state index in [2.05, 4.69) is 61.6 Å². The SMILES string of the molecule is Cc1ccc2c(c1C)N[C@H](c1cccc(Cl)c1)[C@H]1CC=C[C@@H]21. The number of rotatable bonds is 1. The van der Waals surface area contributed by atoms with Crippen molar-refractivity contribution in [2.24, 2.45) is 5.92 Å². The molecule has 1 heterocycles. The summed E-state index contributed by atoms with van der Waals surface area (Å²) in [5, 5.41) is 4.64. The number of benzene rings is 2. The molecule has 0 saturated heterocycles. The minimum Gasteiger partial charge on any atom is -0.377 e. The maximum Gasteiger partial charge on any atom is 0.0554 e. The van der Waals surface area contributed by atoms with E-state index in [1.54, 1.807) is 0 Å². The number of nitrogens with one attached hydrogen (secondary N) is 1. The number of hydrogen-bond donors (Lipinski definition) is 1. The first-order valence-electron chi connectivity index (χ1n) is 7.94. The van der Waals surface area contributed by atoms with Crippen LogP contribution >= 0.6 is 11.6 Å². The van der Waals surface area contributed by atoms with Gasteiger partial charge in [0.15, 0.2) is 0 Å². The highest BCUT2D eigenvalue weighted by Gasteiger charge is 2.38. The first kappa shape index (κ1) is 13.9. The molecule has 0 amide bonds. The normalized spacial score (nSPS) is 25.5. The van der Waals surface area contributed by atoms with E-state index in [0.29, 0.717) is 17.9 Å². The van der Waals surface area contributed by atoms with Crippen LogP contribution in [0.5, 0.6) is 0 Å². The smallest absolute Gasteiger partial charge is 0.0554 e. The standard InChI is InChI=1S/C20H20ClN/c1-12-9-10-18-16-7-4-8-17(16)20(22-19(18)13(12)2)14-5-3-6-15(21)11-14/h3-7,9-11,16-17,20,22H,8H2,1-2H3/t16-,17+,20-/m1/s1. The van der Waals surface area contributed by atoms with Crippen molar-refractivity contribution < 1.29 is 0 Å². The molecule has 2 heteroatoms. The Hall–Kier alpha value is -1.73. The van der Waals surface area contributed by atoms with Gasteiger partial charge in [0.2, 0.25) is 0 Å². The Labute approximate surface area is 137 Å². The van der Waals surface area contributed by atoms with Crippen molar-refractivity contribution in [1.29, 1.82) is 0 Å². The summed E-state index contributed by atoms with van der Waals surface area (Å²) in [5.41, 5.74) is 6.76. The van der Waals surface area contributed by atoms with E-state index in [-0.39, 0.29) is 0 Å². The van der Waals surface area contributed by atoms with Crippen LogP contribution in [0.2, 0.25) is 5.02 Å². The molecule has 112 valence electrons. The van der Waals surface area contributed by atoms with Crippen LogP contribution in [0.1, 0.15) is 40.6 Å². The first-order valence-corrected chi connectivity index (χ1v) is 8.31. The van der Waals surface area contributed by atoms with Gasteiger partial charge < -0.3 is 5.32 Å². The largest absolute Gasteiger partial charge is 0.377 e. The zero-order chi connectivity index (χ0) is 15.3. The van der Waals surface area contributed by atoms with Crippen molar-refractivity contribution in [3.8, 4) is 0 Å². The van der Waals surface area contributed by atoms with Gasteiger partial charge in [-0.25, -0.2) is 0 Å². The molecule has 3 atom stereocenters. The minimum absolute atomic E-state index is 0.326. The number of hydrogen-bond acceptors (Lipinski definition) is 1. The van der Waals surface area contributed by atoms with Gasteiger partial charge in [0.1, 0.15) is 0 Å². The molecule has 0 radical (unpaired) electrons. The fourth-order valence-electron chi connectivity index (χ4n) is 3.95. The van der Waals surface area contributed by atoms with Crippen LogP contribution in [0.15, 0.2) is 48.6 Å². The molecule has 1 aliphatic carbocycles. The molecular formula is C20H20ClN. The van der Waals surface area contributed by atoms with E-state index in [9.17, 15) is 0 Å². The molecule has 0 spiro atoms. The summed E-state index contributed by atoms with van der Waals surface area (Å²) in [4.78, 5) is 0. The molecule has 0 unspecified atom stereocenters. The van der Waals surface area contributed by atoms with Crippen LogP contribution < -0.4 is 5.32 Å². The fourth-order valence-corrected chi connectivity index (χ4v) is 4.15. The number of aryl methyl sites for hydroxylation is 1. The lowest BCUT2D eigenvalue weighted by molar-refractivity contribution is 0.425. The molecule has 2 aliphatic rings. The third kappa shape index (κ3) is 2.07. The predicted octanol–water partition coefficient (Wildman–Crippen LogP) is 5.78. The van der Waals surface area contributed by atoms with Gasteiger partial charge in [-0.3, -0.25) is 0 Å². The van der Waals surface area contributed by atoms with Crippen molar-refractivity contribution in [3.63, 3.8) is 0 Å². The molecule has 0 aromatic heterocycles. The summed E-state index contributed by atoms with van der Waals surface area (Å²) in [5.74, 6) is 1.09. The van der Waals surface area contributed by atoms with E-state index >= 15 is 0 Å². The highest BCUT2D eigenvalue weighted by Crippen LogP contribution is 2.51. The van der Waals surface area contributed by atoms with Crippen molar-refractivity contribution in [2.45, 2.75) is 32.2 Å². The lowest BCUT2D eigenvalue weighted by Gasteiger charge is -2.38. The summed E-state index contributed by atoms with van der Waals surface area (Å²) < 4.78 is 0. The molecule has 1 nitrogen and oxygen atoms in total. The van der Waals surface area contributed by atoms with E-state index in [0.717, 1.165) is 11.4 Å². The van der Waals surface area contributed by atoms with Crippen LogP contribution in [-0.4, -0.2) is 0 Å². The Bertz CT molecular complexity index is 762. The van der Waals surface area contributed by atoms with Crippen LogP contribution in [0.4, 0.5) is 5.69 Å². The quantitative estimate of drug-likeness (QED) is 0.658. The molecule has 2 aromatic rings. The van der Waals surface area contributed by atoms with Gasteiger partial charge in [0.25, 0.3) is 0 Å². The molecule has 1 N–H and O–H groups in total. The van der Waals surface area contributed by atoms with Gasteiger partial charge in [-0.1, -0.05) is 48.0 Å². The van der Waals surface area contributed by atoms with Gasteiger partial charge in [-0.05, 0) is 60.6 Å². The van der Waals surface area contributed by atoms with Crippen molar-refractivity contribution in [3.05, 3.63) is 75.8 Å². The Kier molecular flexibility index (Phi) is 3.27. The van der Waals surface area contributed by atoms with E-state index < -0.39 is 0 Å². The highest BCUT2D eigenvalue weighted by molar-refractivity contribution is 6.30. The number of anilines is 1. The van der Waals surface area contributed by atoms with Crippen LogP contribution in [0, 0.1) is 19.8 Å². The maximum atomic E-state index is 6.22. The maximum absolute atomic E-state index is 6.22.